The minimum absolute atomic E-state index is 0.0722. The monoisotopic (exact) mass is 618 g/mol. The van der Waals surface area contributed by atoms with E-state index in [0.717, 1.165) is 0 Å². The Morgan fingerprint density at radius 2 is 0.864 bits per heavy atom. The number of fused-ring (bicyclic) bond motifs is 6. The summed E-state index contributed by atoms with van der Waals surface area (Å²) in [6.45, 7) is 0. The van der Waals surface area contributed by atoms with Gasteiger partial charge in [0.1, 0.15) is 0 Å². The normalized spacial score (nSPS) is 13.7. The van der Waals surface area contributed by atoms with E-state index in [1.807, 2.05) is 0 Å². The first-order chi connectivity index (χ1) is 21.4. The van der Waals surface area contributed by atoms with Gasteiger partial charge in [-0.05, 0) is 47.2 Å². The fourth-order valence-electron chi connectivity index (χ4n) is 4.98. The molecule has 3 aliphatic rings. The summed E-state index contributed by atoms with van der Waals surface area (Å²) in [7, 11) is 0. The molecule has 6 heterocycles. The fourth-order valence-corrected chi connectivity index (χ4v) is 6.67. The van der Waals surface area contributed by atoms with Gasteiger partial charge in [0.25, 0.3) is 0 Å². The SMILES string of the molecule is O=C1c2ccsc2C(=O)c2ccoc21.O=C1c2cnccc2C(=O)c2occc21.O=C1c2cnccc2C(=O)c2sccc21. The molecule has 0 unspecified atom stereocenters. The molecule has 3 aliphatic carbocycles. The molecule has 0 saturated heterocycles. The van der Waals surface area contributed by atoms with E-state index in [0.29, 0.717) is 54.3 Å². The average molecular weight is 619 g/mol. The number of nitrogens with zero attached hydrogens (tertiary/aromatic N) is 2. The number of hydrogen-bond donors (Lipinski definition) is 0. The Morgan fingerprint density at radius 3 is 1.43 bits per heavy atom. The standard InChI is InChI=1S/C11H5NO3.C11H5NO2S.C10H4O3S/c2*13-9-7-2-4-15-11(7)10(14)6-1-3-12-5-8(6)9;11-7-6-2-4-14-10(6)8(12)5-1-3-13-9(5)7/h2*1-5H;1-4H. The van der Waals surface area contributed by atoms with Gasteiger partial charge in [-0.2, -0.15) is 0 Å². The number of pyridine rings is 2. The molecule has 0 aliphatic heterocycles. The maximum absolute atomic E-state index is 11.9. The van der Waals surface area contributed by atoms with Gasteiger partial charge in [0.2, 0.25) is 23.1 Å². The van der Waals surface area contributed by atoms with Gasteiger partial charge < -0.3 is 8.83 Å². The number of carbonyl (C=O) groups is 6. The predicted octanol–water partition coefficient (Wildman–Crippen LogP) is 5.49. The second-order valence-corrected chi connectivity index (χ2v) is 11.3. The number of ketones is 6. The van der Waals surface area contributed by atoms with E-state index in [1.54, 1.807) is 29.0 Å². The lowest BCUT2D eigenvalue weighted by Gasteiger charge is -2.12. The van der Waals surface area contributed by atoms with Crippen molar-refractivity contribution in [3.8, 4) is 0 Å². The third kappa shape index (κ3) is 4.15. The number of carbonyl (C=O) groups excluding carboxylic acids is 6. The maximum Gasteiger partial charge on any atom is 0.230 e. The Labute approximate surface area is 254 Å². The van der Waals surface area contributed by atoms with E-state index in [-0.39, 0.29) is 46.2 Å². The molecule has 44 heavy (non-hydrogen) atoms. The van der Waals surface area contributed by atoms with Gasteiger partial charge in [0, 0.05) is 47.0 Å². The summed E-state index contributed by atoms with van der Waals surface area (Å²) in [5.41, 5.74) is 3.24. The molecule has 6 aromatic rings. The van der Waals surface area contributed by atoms with Crippen molar-refractivity contribution in [3.05, 3.63) is 150 Å². The van der Waals surface area contributed by atoms with Crippen molar-refractivity contribution in [1.29, 1.82) is 0 Å². The van der Waals surface area contributed by atoms with Crippen LogP contribution in [0.5, 0.6) is 0 Å². The average Bonchev–Trinajstić information content (AvgIpc) is 3.88. The third-order valence-electron chi connectivity index (χ3n) is 7.08. The third-order valence-corrected chi connectivity index (χ3v) is 8.91. The zero-order chi connectivity index (χ0) is 30.5. The van der Waals surface area contributed by atoms with E-state index in [2.05, 4.69) is 9.97 Å². The van der Waals surface area contributed by atoms with Crippen molar-refractivity contribution in [2.24, 2.45) is 0 Å². The molecule has 12 heteroatoms. The summed E-state index contributed by atoms with van der Waals surface area (Å²) < 4.78 is 10.0. The molecule has 0 aromatic carbocycles. The predicted molar refractivity (Wildman–Crippen MR) is 155 cm³/mol. The fraction of sp³-hybridized carbons (Fsp3) is 0. The van der Waals surface area contributed by atoms with Crippen molar-refractivity contribution >= 4 is 57.4 Å². The molecule has 0 amide bonds. The summed E-state index contributed by atoms with van der Waals surface area (Å²) in [5.74, 6) is -0.654. The maximum atomic E-state index is 11.9. The highest BCUT2D eigenvalue weighted by Gasteiger charge is 2.34. The van der Waals surface area contributed by atoms with Gasteiger partial charge in [-0.3, -0.25) is 38.7 Å². The van der Waals surface area contributed by atoms with E-state index in [4.69, 9.17) is 8.83 Å². The van der Waals surface area contributed by atoms with Crippen LogP contribution in [0.15, 0.2) is 93.3 Å². The highest BCUT2D eigenvalue weighted by atomic mass is 32.1. The molecule has 0 radical (unpaired) electrons. The zero-order valence-electron chi connectivity index (χ0n) is 22.1. The van der Waals surface area contributed by atoms with E-state index >= 15 is 0 Å². The summed E-state index contributed by atoms with van der Waals surface area (Å²) in [4.78, 5) is 79.9. The Bertz CT molecular complexity index is 1920. The van der Waals surface area contributed by atoms with Crippen LogP contribution >= 0.6 is 22.7 Å². The highest BCUT2D eigenvalue weighted by molar-refractivity contribution is 7.13. The van der Waals surface area contributed by atoms with Gasteiger partial charge in [-0.25, -0.2) is 0 Å². The number of furan rings is 2. The molecule has 0 fully saturated rings. The summed E-state index contributed by atoms with van der Waals surface area (Å²) in [5, 5.41) is 3.51. The second-order valence-electron chi connectivity index (χ2n) is 9.47. The van der Waals surface area contributed by atoms with Crippen LogP contribution in [-0.2, 0) is 0 Å². The first kappa shape index (κ1) is 27.1. The van der Waals surface area contributed by atoms with E-state index in [1.165, 1.54) is 78.2 Å². The summed E-state index contributed by atoms with van der Waals surface area (Å²) >= 11 is 2.60. The van der Waals surface area contributed by atoms with Gasteiger partial charge in [0.15, 0.2) is 23.1 Å². The van der Waals surface area contributed by atoms with Gasteiger partial charge in [-0.1, -0.05) is 0 Å². The van der Waals surface area contributed by atoms with Crippen molar-refractivity contribution in [3.63, 3.8) is 0 Å². The molecule has 0 spiro atoms. The van der Waals surface area contributed by atoms with Crippen LogP contribution in [0.1, 0.15) is 94.5 Å². The molecule has 212 valence electrons. The smallest absolute Gasteiger partial charge is 0.230 e. The van der Waals surface area contributed by atoms with Crippen molar-refractivity contribution in [2.45, 2.75) is 0 Å². The first-order valence-corrected chi connectivity index (χ1v) is 14.6. The van der Waals surface area contributed by atoms with Crippen molar-refractivity contribution in [1.82, 2.24) is 9.97 Å². The van der Waals surface area contributed by atoms with Crippen LogP contribution in [-0.4, -0.2) is 44.7 Å². The minimum Gasteiger partial charge on any atom is -0.460 e. The Morgan fingerprint density at radius 1 is 0.432 bits per heavy atom. The van der Waals surface area contributed by atoms with Crippen LogP contribution in [0.3, 0.4) is 0 Å². The van der Waals surface area contributed by atoms with Gasteiger partial charge in [-0.15, -0.1) is 22.7 Å². The van der Waals surface area contributed by atoms with Crippen LogP contribution in [0.25, 0.3) is 0 Å². The van der Waals surface area contributed by atoms with Crippen LogP contribution in [0.2, 0.25) is 0 Å². The van der Waals surface area contributed by atoms with Crippen LogP contribution in [0.4, 0.5) is 0 Å². The zero-order valence-corrected chi connectivity index (χ0v) is 23.7. The molecule has 0 N–H and O–H groups in total. The Hall–Kier alpha value is -5.72. The minimum atomic E-state index is -0.257. The van der Waals surface area contributed by atoms with Gasteiger partial charge >= 0.3 is 0 Å². The molecular formula is C32H14N2O8S2. The van der Waals surface area contributed by atoms with Crippen molar-refractivity contribution < 1.29 is 37.6 Å². The molecule has 10 nitrogen and oxygen atoms in total. The Balaban J connectivity index is 0.000000107. The highest BCUT2D eigenvalue weighted by Crippen LogP contribution is 2.32. The molecule has 0 saturated carbocycles. The summed E-state index contributed by atoms with van der Waals surface area (Å²) in [6.07, 6.45) is 8.60. The lowest BCUT2D eigenvalue weighted by atomic mass is 9.90. The van der Waals surface area contributed by atoms with Gasteiger partial charge in [0.05, 0.1) is 44.5 Å². The van der Waals surface area contributed by atoms with E-state index < -0.39 is 0 Å². The number of hydrogen-bond acceptors (Lipinski definition) is 12. The molecule has 0 atom stereocenters. The molecule has 0 bridgehead atoms. The molecule has 9 rings (SSSR count). The lowest BCUT2D eigenvalue weighted by molar-refractivity contribution is 0.0960. The quantitative estimate of drug-likeness (QED) is 0.213. The number of aromatic nitrogens is 2. The van der Waals surface area contributed by atoms with Crippen LogP contribution < -0.4 is 0 Å². The summed E-state index contributed by atoms with van der Waals surface area (Å²) in [6, 6.07) is 9.52. The largest absolute Gasteiger partial charge is 0.460 e. The molecular weight excluding hydrogens is 604 g/mol. The Kier molecular flexibility index (Phi) is 6.49. The second kappa shape index (κ2) is 10.5. The number of rotatable bonds is 0. The number of thiophene rings is 2. The van der Waals surface area contributed by atoms with Crippen LogP contribution in [0, 0.1) is 0 Å². The lowest BCUT2D eigenvalue weighted by Crippen LogP contribution is -2.19. The van der Waals surface area contributed by atoms with Crippen molar-refractivity contribution in [2.75, 3.05) is 0 Å². The first-order valence-electron chi connectivity index (χ1n) is 12.8. The van der Waals surface area contributed by atoms with E-state index in [9.17, 15) is 28.8 Å². The topological polar surface area (TPSA) is 154 Å². The molecule has 6 aromatic heterocycles.